The first-order valence-electron chi connectivity index (χ1n) is 7.71. The van der Waals surface area contributed by atoms with Gasteiger partial charge in [-0.15, -0.1) is 0 Å². The molecule has 0 bridgehead atoms. The molecular weight excluding hydrogens is 413 g/mol. The molecule has 0 saturated heterocycles. The van der Waals surface area contributed by atoms with Crippen molar-refractivity contribution in [1.82, 2.24) is 15.8 Å². The Morgan fingerprint density at radius 2 is 1.96 bits per heavy atom. The van der Waals surface area contributed by atoms with Crippen LogP contribution in [-0.2, 0) is 21.2 Å². The van der Waals surface area contributed by atoms with Gasteiger partial charge in [-0.25, -0.2) is 13.8 Å². The minimum Gasteiger partial charge on any atom is -0.329 e. The molecule has 8 nitrogen and oxygen atoms in total. The van der Waals surface area contributed by atoms with Gasteiger partial charge in [0.2, 0.25) is 0 Å². The summed E-state index contributed by atoms with van der Waals surface area (Å²) in [4.78, 5) is 19.7. The molecule has 0 aliphatic heterocycles. The van der Waals surface area contributed by atoms with Gasteiger partial charge in [-0.3, -0.25) is 20.2 Å². The average Bonchev–Trinajstić information content (AvgIpc) is 2.63. The van der Waals surface area contributed by atoms with E-state index in [-0.39, 0.29) is 23.7 Å². The number of amides is 1. The molecule has 0 spiro atoms. The zero-order valence-corrected chi connectivity index (χ0v) is 16.4. The maximum absolute atomic E-state index is 12.0. The number of halogens is 2. The lowest BCUT2D eigenvalue weighted by Gasteiger charge is -2.08. The average molecular weight is 430 g/mol. The van der Waals surface area contributed by atoms with Crippen LogP contribution in [0.4, 0.5) is 5.69 Å². The second-order valence-electron chi connectivity index (χ2n) is 5.29. The van der Waals surface area contributed by atoms with Crippen molar-refractivity contribution in [3.8, 4) is 0 Å². The predicted molar refractivity (Wildman–Crippen MR) is 105 cm³/mol. The molecule has 1 aromatic heterocycles. The van der Waals surface area contributed by atoms with E-state index in [9.17, 15) is 13.2 Å². The van der Waals surface area contributed by atoms with E-state index in [0.29, 0.717) is 21.3 Å². The van der Waals surface area contributed by atoms with Gasteiger partial charge in [0, 0.05) is 31.0 Å². The third-order valence-corrected chi connectivity index (χ3v) is 5.72. The first-order valence-corrected chi connectivity index (χ1v) is 10.1. The van der Waals surface area contributed by atoms with Crippen LogP contribution in [0.3, 0.4) is 0 Å². The number of nitrogens with zero attached hydrogens (tertiary/aromatic N) is 2. The molecule has 0 aliphatic rings. The molecular formula is C16H17Cl2N5O3S. The summed E-state index contributed by atoms with van der Waals surface area (Å²) >= 11 is 12.0. The molecule has 2 aromatic rings. The molecule has 0 aliphatic carbocycles. The molecule has 0 saturated carbocycles. The number of hydrazine groups is 1. The molecule has 0 atom stereocenters. The largest absolute Gasteiger partial charge is 0.329 e. The van der Waals surface area contributed by atoms with Crippen molar-refractivity contribution in [2.45, 2.75) is 11.4 Å². The normalized spacial score (nSPS) is 11.7. The van der Waals surface area contributed by atoms with Crippen LogP contribution in [0.5, 0.6) is 0 Å². The van der Waals surface area contributed by atoms with E-state index < -0.39 is 15.7 Å². The number of sulfone groups is 1. The van der Waals surface area contributed by atoms with E-state index in [0.717, 1.165) is 6.21 Å². The van der Waals surface area contributed by atoms with Crippen LogP contribution in [-0.4, -0.2) is 37.8 Å². The Morgan fingerprint density at radius 3 is 2.63 bits per heavy atom. The zero-order chi connectivity index (χ0) is 19.9. The van der Waals surface area contributed by atoms with Crippen molar-refractivity contribution in [3.63, 3.8) is 0 Å². The summed E-state index contributed by atoms with van der Waals surface area (Å²) in [7, 11) is -3.47. The lowest BCUT2D eigenvalue weighted by atomic mass is 10.3. The van der Waals surface area contributed by atoms with Crippen molar-refractivity contribution in [3.05, 3.63) is 52.3 Å². The quantitative estimate of drug-likeness (QED) is 0.432. The fourth-order valence-corrected chi connectivity index (χ4v) is 3.65. The highest BCUT2D eigenvalue weighted by molar-refractivity contribution is 7.91. The van der Waals surface area contributed by atoms with E-state index in [2.05, 4.69) is 20.8 Å². The summed E-state index contributed by atoms with van der Waals surface area (Å²) in [5, 5.41) is 0.738. The van der Waals surface area contributed by atoms with Gasteiger partial charge in [-0.2, -0.15) is 0 Å². The Balaban J connectivity index is 1.95. The Hall–Kier alpha value is -2.04. The molecule has 1 heterocycles. The number of pyridine rings is 1. The van der Waals surface area contributed by atoms with E-state index in [4.69, 9.17) is 28.9 Å². The Kier molecular flexibility index (Phi) is 7.69. The van der Waals surface area contributed by atoms with Crippen LogP contribution in [0, 0.1) is 0 Å². The van der Waals surface area contributed by atoms with E-state index in [1.54, 1.807) is 12.1 Å². The van der Waals surface area contributed by atoms with Gasteiger partial charge in [-0.1, -0.05) is 29.3 Å². The second-order valence-corrected chi connectivity index (χ2v) is 8.21. The molecule has 144 valence electrons. The van der Waals surface area contributed by atoms with Gasteiger partial charge in [0.15, 0.2) is 9.84 Å². The van der Waals surface area contributed by atoms with Gasteiger partial charge >= 0.3 is 0 Å². The number of carbonyl (C=O) groups excluding carboxylic acids is 1. The Morgan fingerprint density at radius 1 is 1.26 bits per heavy atom. The molecule has 1 amide bonds. The SMILES string of the molecule is NCCS(=O)(=O)c1cccc(N=CC(=O)NNCc2c(Cl)cncc2Cl)c1. The molecule has 1 aromatic carbocycles. The van der Waals surface area contributed by atoms with Crippen LogP contribution >= 0.6 is 23.2 Å². The maximum Gasteiger partial charge on any atom is 0.276 e. The van der Waals surface area contributed by atoms with Gasteiger partial charge in [0.1, 0.15) is 0 Å². The van der Waals surface area contributed by atoms with Crippen LogP contribution < -0.4 is 16.6 Å². The fraction of sp³-hybridized carbons (Fsp3) is 0.188. The van der Waals surface area contributed by atoms with Gasteiger partial charge in [0.05, 0.1) is 32.6 Å². The first kappa shape index (κ1) is 21.3. The van der Waals surface area contributed by atoms with Gasteiger partial charge in [-0.05, 0) is 18.2 Å². The maximum atomic E-state index is 12.0. The minimum absolute atomic E-state index is 0.0232. The minimum atomic E-state index is -3.47. The van der Waals surface area contributed by atoms with Crippen molar-refractivity contribution < 1.29 is 13.2 Å². The molecule has 2 rings (SSSR count). The number of rotatable bonds is 8. The topological polar surface area (TPSA) is 127 Å². The summed E-state index contributed by atoms with van der Waals surface area (Å²) in [6, 6.07) is 5.95. The number of hydrogen-bond acceptors (Lipinski definition) is 7. The summed E-state index contributed by atoms with van der Waals surface area (Å²) in [6.07, 6.45) is 3.91. The molecule has 11 heteroatoms. The molecule has 27 heavy (non-hydrogen) atoms. The smallest absolute Gasteiger partial charge is 0.276 e. The molecule has 0 radical (unpaired) electrons. The number of benzene rings is 1. The number of aromatic nitrogens is 1. The highest BCUT2D eigenvalue weighted by Crippen LogP contribution is 2.22. The summed E-state index contributed by atoms with van der Waals surface area (Å²) in [5.41, 5.74) is 11.3. The molecule has 0 unspecified atom stereocenters. The number of carbonyl (C=O) groups is 1. The van der Waals surface area contributed by atoms with Crippen molar-refractivity contribution >= 4 is 50.8 Å². The number of nitrogens with one attached hydrogen (secondary N) is 2. The number of aliphatic imine (C=N–C) groups is 1. The van der Waals surface area contributed by atoms with Gasteiger partial charge < -0.3 is 5.73 Å². The van der Waals surface area contributed by atoms with Crippen LogP contribution in [0.15, 0.2) is 46.5 Å². The fourth-order valence-electron chi connectivity index (χ4n) is 2.02. The highest BCUT2D eigenvalue weighted by Gasteiger charge is 2.13. The number of hydrogen-bond donors (Lipinski definition) is 3. The molecule has 4 N–H and O–H groups in total. The van der Waals surface area contributed by atoms with Crippen molar-refractivity contribution in [2.24, 2.45) is 10.7 Å². The highest BCUT2D eigenvalue weighted by atomic mass is 35.5. The Labute approximate surface area is 166 Å². The summed E-state index contributed by atoms with van der Waals surface area (Å²) in [5.74, 6) is -0.698. The van der Waals surface area contributed by atoms with E-state index in [1.807, 2.05) is 0 Å². The van der Waals surface area contributed by atoms with E-state index >= 15 is 0 Å². The summed E-state index contributed by atoms with van der Waals surface area (Å²) in [6.45, 7) is 0.210. The molecule has 0 fully saturated rings. The van der Waals surface area contributed by atoms with Crippen LogP contribution in [0.1, 0.15) is 5.56 Å². The standard InChI is InChI=1S/C16H17Cl2N5O3S/c17-14-8-20-9-15(18)13(14)7-22-23-16(24)10-21-11-2-1-3-12(6-11)27(25,26)5-4-19/h1-3,6,8-10,22H,4-5,7,19H2,(H,23,24). The number of nitrogens with two attached hydrogens (primary N) is 1. The lowest BCUT2D eigenvalue weighted by molar-refractivity contribution is -0.115. The predicted octanol–water partition coefficient (Wildman–Crippen LogP) is 1.64. The third-order valence-electron chi connectivity index (χ3n) is 3.32. The van der Waals surface area contributed by atoms with Gasteiger partial charge in [0.25, 0.3) is 5.91 Å². The zero-order valence-electron chi connectivity index (χ0n) is 14.0. The monoisotopic (exact) mass is 429 g/mol. The van der Waals surface area contributed by atoms with Crippen molar-refractivity contribution in [2.75, 3.05) is 12.3 Å². The summed E-state index contributed by atoms with van der Waals surface area (Å²) < 4.78 is 24.0. The van der Waals surface area contributed by atoms with Crippen LogP contribution in [0.2, 0.25) is 10.0 Å². The Bertz CT molecular complexity index is 931. The third kappa shape index (κ3) is 6.26. The van der Waals surface area contributed by atoms with Crippen LogP contribution in [0.25, 0.3) is 0 Å². The van der Waals surface area contributed by atoms with Crippen molar-refractivity contribution in [1.29, 1.82) is 0 Å². The first-order chi connectivity index (χ1) is 12.8. The lowest BCUT2D eigenvalue weighted by Crippen LogP contribution is -2.37. The van der Waals surface area contributed by atoms with E-state index in [1.165, 1.54) is 24.5 Å². The second kappa shape index (κ2) is 9.77.